The third-order valence-corrected chi connectivity index (χ3v) is 17.8. The molecule has 14 atom stereocenters. The lowest BCUT2D eigenvalue weighted by molar-refractivity contribution is -0.324. The standard InChI is InChI=1S/C42H62O9/c1-36(2)25-13-18-39(5)26(38(25,4)17-14-28(36)50-34-31(45)29(43)30(44)32(51-34)33(46)47)11-12-27-41-16-8-15-37(3,23-41)19-20-40(41,35(48)49)21-22-42(27,39)24-9-6-7-10-24/h8,12,16,24-26,28-32,34,43-45H,6-7,9-11,13-15,17-23H2,1-5H3,(H,46,47)(H,48,49). The van der Waals surface area contributed by atoms with Crippen molar-refractivity contribution in [2.75, 3.05) is 0 Å². The summed E-state index contributed by atoms with van der Waals surface area (Å²) in [5, 5.41) is 52.4. The lowest BCUT2D eigenvalue weighted by Gasteiger charge is -2.75. The van der Waals surface area contributed by atoms with E-state index in [0.717, 1.165) is 64.2 Å². The molecule has 2 bridgehead atoms. The molecule has 0 aromatic heterocycles. The summed E-state index contributed by atoms with van der Waals surface area (Å²) in [5.41, 5.74) is 0.0667. The Bertz CT molecular complexity index is 1510. The lowest BCUT2D eigenvalue weighted by atomic mass is 9.28. The predicted molar refractivity (Wildman–Crippen MR) is 189 cm³/mol. The highest BCUT2D eigenvalue weighted by Gasteiger charge is 2.76. The van der Waals surface area contributed by atoms with E-state index in [9.17, 15) is 35.1 Å². The zero-order chi connectivity index (χ0) is 36.6. The highest BCUT2D eigenvalue weighted by Crippen LogP contribution is 2.82. The number of ether oxygens (including phenoxy) is 2. The number of allylic oxidation sites excluding steroid dienone is 4. The van der Waals surface area contributed by atoms with Crippen molar-refractivity contribution in [2.24, 2.45) is 55.7 Å². The number of aliphatic hydroxyl groups excluding tert-OH is 3. The molecule has 9 nitrogen and oxygen atoms in total. The molecular formula is C42H62O9. The Labute approximate surface area is 303 Å². The van der Waals surface area contributed by atoms with E-state index >= 15 is 0 Å². The number of aliphatic carboxylic acids is 2. The van der Waals surface area contributed by atoms with Gasteiger partial charge in [-0.15, -0.1) is 0 Å². The van der Waals surface area contributed by atoms with Gasteiger partial charge in [-0.2, -0.15) is 0 Å². The van der Waals surface area contributed by atoms with Crippen LogP contribution in [0.25, 0.3) is 0 Å². The molecule has 284 valence electrons. The molecule has 1 heterocycles. The fourth-order valence-corrected chi connectivity index (χ4v) is 15.4. The van der Waals surface area contributed by atoms with Crippen LogP contribution in [0.5, 0.6) is 0 Å². The third kappa shape index (κ3) is 4.56. The van der Waals surface area contributed by atoms with Gasteiger partial charge in [0, 0.05) is 10.8 Å². The van der Waals surface area contributed by atoms with Gasteiger partial charge in [-0.1, -0.05) is 71.3 Å². The van der Waals surface area contributed by atoms with Crippen molar-refractivity contribution < 1.29 is 44.6 Å². The minimum atomic E-state index is -1.75. The Kier molecular flexibility index (Phi) is 8.25. The van der Waals surface area contributed by atoms with E-state index in [1.165, 1.54) is 31.3 Å². The molecule has 6 fully saturated rings. The zero-order valence-corrected chi connectivity index (χ0v) is 31.4. The van der Waals surface area contributed by atoms with Crippen LogP contribution in [0.3, 0.4) is 0 Å². The summed E-state index contributed by atoms with van der Waals surface area (Å²) in [6, 6.07) is 0. The fraction of sp³-hybridized carbons (Fsp3) is 0.857. The van der Waals surface area contributed by atoms with E-state index in [1.54, 1.807) is 0 Å². The van der Waals surface area contributed by atoms with Crippen molar-refractivity contribution in [3.8, 4) is 0 Å². The molecule has 1 saturated heterocycles. The minimum absolute atomic E-state index is 0.0112. The molecular weight excluding hydrogens is 648 g/mol. The van der Waals surface area contributed by atoms with Gasteiger partial charge in [0.2, 0.25) is 0 Å². The Morgan fingerprint density at radius 1 is 0.824 bits per heavy atom. The molecule has 0 amide bonds. The van der Waals surface area contributed by atoms with Crippen LogP contribution in [0.1, 0.15) is 131 Å². The van der Waals surface area contributed by atoms with Gasteiger partial charge in [-0.25, -0.2) is 4.79 Å². The van der Waals surface area contributed by atoms with Gasteiger partial charge in [0.25, 0.3) is 0 Å². The van der Waals surface area contributed by atoms with Gasteiger partial charge in [0.05, 0.1) is 11.5 Å². The molecule has 8 aliphatic rings. The molecule has 9 heteroatoms. The highest BCUT2D eigenvalue weighted by atomic mass is 16.7. The topological polar surface area (TPSA) is 154 Å². The Hall–Kier alpha value is -1.78. The number of carboxylic acids is 2. The monoisotopic (exact) mass is 710 g/mol. The van der Waals surface area contributed by atoms with Crippen molar-refractivity contribution >= 4 is 11.9 Å². The number of carboxylic acid groups (broad SMARTS) is 2. The van der Waals surface area contributed by atoms with Crippen LogP contribution in [-0.2, 0) is 19.1 Å². The van der Waals surface area contributed by atoms with Gasteiger partial charge >= 0.3 is 11.9 Å². The largest absolute Gasteiger partial charge is 0.481 e. The van der Waals surface area contributed by atoms with Crippen molar-refractivity contribution in [1.29, 1.82) is 0 Å². The molecule has 14 unspecified atom stereocenters. The molecule has 51 heavy (non-hydrogen) atoms. The Balaban J connectivity index is 1.17. The maximum absolute atomic E-state index is 13.6. The second kappa shape index (κ2) is 11.6. The number of fused-ring (bicyclic) bond motifs is 6. The van der Waals surface area contributed by atoms with Gasteiger partial charge in [0.15, 0.2) is 12.4 Å². The summed E-state index contributed by atoms with van der Waals surface area (Å²) in [6.07, 6.45) is 14.0. The first kappa shape index (κ1) is 36.2. The maximum atomic E-state index is 13.6. The summed E-state index contributed by atoms with van der Waals surface area (Å²) in [5.74, 6) is -0.744. The van der Waals surface area contributed by atoms with Crippen molar-refractivity contribution in [3.63, 3.8) is 0 Å². The number of rotatable bonds is 5. The van der Waals surface area contributed by atoms with Crippen molar-refractivity contribution in [2.45, 2.75) is 168 Å². The van der Waals surface area contributed by atoms with Crippen LogP contribution >= 0.6 is 0 Å². The minimum Gasteiger partial charge on any atom is -0.481 e. The van der Waals surface area contributed by atoms with Gasteiger partial charge < -0.3 is 35.0 Å². The van der Waals surface area contributed by atoms with Gasteiger partial charge in [-0.05, 0) is 123 Å². The molecule has 0 radical (unpaired) electrons. The van der Waals surface area contributed by atoms with E-state index < -0.39 is 53.5 Å². The van der Waals surface area contributed by atoms with Crippen LogP contribution in [0.15, 0.2) is 23.8 Å². The number of carbonyl (C=O) groups is 2. The van der Waals surface area contributed by atoms with Crippen LogP contribution in [0.4, 0.5) is 0 Å². The lowest BCUT2D eigenvalue weighted by Crippen LogP contribution is -2.69. The molecule has 5 N–H and O–H groups in total. The van der Waals surface area contributed by atoms with E-state index in [0.29, 0.717) is 18.3 Å². The van der Waals surface area contributed by atoms with Crippen LogP contribution in [0.2, 0.25) is 0 Å². The smallest absolute Gasteiger partial charge is 0.335 e. The first-order valence-electron chi connectivity index (χ1n) is 20.1. The van der Waals surface area contributed by atoms with Crippen LogP contribution < -0.4 is 0 Å². The van der Waals surface area contributed by atoms with Crippen LogP contribution in [0, 0.1) is 55.7 Å². The molecule has 1 aliphatic heterocycles. The van der Waals surface area contributed by atoms with E-state index in [1.807, 2.05) is 0 Å². The maximum Gasteiger partial charge on any atom is 0.335 e. The molecule has 8 rings (SSSR count). The second-order valence-electron chi connectivity index (χ2n) is 20.0. The number of aliphatic hydroxyl groups is 3. The van der Waals surface area contributed by atoms with Crippen molar-refractivity contribution in [3.05, 3.63) is 23.8 Å². The molecule has 5 saturated carbocycles. The summed E-state index contributed by atoms with van der Waals surface area (Å²) in [7, 11) is 0. The summed E-state index contributed by atoms with van der Waals surface area (Å²) < 4.78 is 12.1. The number of hydrogen-bond donors (Lipinski definition) is 5. The molecule has 0 aromatic rings. The van der Waals surface area contributed by atoms with Gasteiger partial charge in [0.1, 0.15) is 18.3 Å². The number of hydrogen-bond acceptors (Lipinski definition) is 7. The third-order valence-electron chi connectivity index (χ3n) is 17.8. The molecule has 7 aliphatic carbocycles. The molecule has 0 aromatic carbocycles. The zero-order valence-electron chi connectivity index (χ0n) is 31.4. The average Bonchev–Trinajstić information content (AvgIpc) is 3.61. The predicted octanol–water partition coefficient (Wildman–Crippen LogP) is 6.63. The Morgan fingerprint density at radius 2 is 1.53 bits per heavy atom. The summed E-state index contributed by atoms with van der Waals surface area (Å²) >= 11 is 0. The highest BCUT2D eigenvalue weighted by molar-refractivity contribution is 5.79. The van der Waals surface area contributed by atoms with Crippen molar-refractivity contribution in [1.82, 2.24) is 0 Å². The van der Waals surface area contributed by atoms with E-state index in [2.05, 4.69) is 52.8 Å². The normalized spacial score (nSPS) is 53.2. The van der Waals surface area contributed by atoms with Crippen LogP contribution in [-0.4, -0.2) is 74.3 Å². The van der Waals surface area contributed by atoms with E-state index in [4.69, 9.17) is 9.47 Å². The SMILES string of the molecule is CC12CC=CC3(C1)C1=CCC4C5(C)CCC(OC6OC(C(=O)O)C(O)C(O)C6O)C(C)(C)C5CCC4(C)C1(C1CCCC1)CCC3(C(=O)O)CC2. The van der Waals surface area contributed by atoms with E-state index in [-0.39, 0.29) is 39.1 Å². The molecule has 1 spiro atoms. The summed E-state index contributed by atoms with van der Waals surface area (Å²) in [4.78, 5) is 25.4. The second-order valence-corrected chi connectivity index (χ2v) is 20.0. The summed E-state index contributed by atoms with van der Waals surface area (Å²) in [6.45, 7) is 12.0. The average molecular weight is 711 g/mol. The van der Waals surface area contributed by atoms with Gasteiger partial charge in [-0.3, -0.25) is 4.79 Å². The first-order chi connectivity index (χ1) is 23.9. The first-order valence-corrected chi connectivity index (χ1v) is 20.1. The fourth-order valence-electron chi connectivity index (χ4n) is 15.4. The Morgan fingerprint density at radius 3 is 2.22 bits per heavy atom. The quantitative estimate of drug-likeness (QED) is 0.156.